The molecule has 3 rings (SSSR count). The van der Waals surface area contributed by atoms with Gasteiger partial charge in [-0.25, -0.2) is 4.98 Å². The van der Waals surface area contributed by atoms with Gasteiger partial charge in [0.15, 0.2) is 5.82 Å². The molecule has 1 unspecified atom stereocenters. The minimum Gasteiger partial charge on any atom is -0.394 e. The number of nitrogens with two attached hydrogens (primary N) is 1. The predicted octanol–water partition coefficient (Wildman–Crippen LogP) is 3.86. The number of rotatable bonds is 12. The summed E-state index contributed by atoms with van der Waals surface area (Å²) < 4.78 is 0. The van der Waals surface area contributed by atoms with Gasteiger partial charge in [0.1, 0.15) is 5.52 Å². The predicted molar refractivity (Wildman–Crippen MR) is 130 cm³/mol. The van der Waals surface area contributed by atoms with E-state index in [0.717, 1.165) is 49.0 Å². The highest BCUT2D eigenvalue weighted by Crippen LogP contribution is 2.28. The summed E-state index contributed by atoms with van der Waals surface area (Å²) in [6.45, 7) is 6.21. The number of unbranched alkanes of at least 4 members (excludes halogenated alkanes) is 2. The van der Waals surface area contributed by atoms with Crippen LogP contribution in [0.4, 0.5) is 11.8 Å². The molecule has 8 nitrogen and oxygen atoms in total. The van der Waals surface area contributed by atoms with Crippen molar-refractivity contribution in [3.63, 3.8) is 0 Å². The van der Waals surface area contributed by atoms with Crippen LogP contribution in [0, 0.1) is 0 Å². The molecule has 4 N–H and O–H groups in total. The molecule has 0 bridgehead atoms. The molecule has 0 aliphatic heterocycles. The standard InChI is InChI=1S/C24H35N7O/c1-4-6-8-19(16-32)28-23-22-21(29-24(25)30-23)12-17(14-27-22)20-9-10-26-13-18(20)15-31(3)11-7-5-2/h9-10,12-14,19,32H,4-8,11,15-16H2,1-3H3,(H3,25,28,29,30). The van der Waals surface area contributed by atoms with Gasteiger partial charge in [0, 0.05) is 30.7 Å². The van der Waals surface area contributed by atoms with E-state index in [1.807, 2.05) is 24.5 Å². The van der Waals surface area contributed by atoms with E-state index in [2.05, 4.69) is 51.0 Å². The lowest BCUT2D eigenvalue weighted by molar-refractivity contribution is 0.267. The van der Waals surface area contributed by atoms with Crippen molar-refractivity contribution in [3.8, 4) is 11.1 Å². The Bertz CT molecular complexity index is 1010. The average Bonchev–Trinajstić information content (AvgIpc) is 2.80. The van der Waals surface area contributed by atoms with Crippen molar-refractivity contribution >= 4 is 22.8 Å². The van der Waals surface area contributed by atoms with Crippen molar-refractivity contribution in [2.75, 3.05) is 31.2 Å². The first kappa shape index (κ1) is 23.8. The molecular formula is C24H35N7O. The topological polar surface area (TPSA) is 113 Å². The molecule has 3 heterocycles. The van der Waals surface area contributed by atoms with Crippen LogP contribution in [0.2, 0.25) is 0 Å². The second kappa shape index (κ2) is 11.7. The van der Waals surface area contributed by atoms with E-state index >= 15 is 0 Å². The Balaban J connectivity index is 1.92. The number of nitrogen functional groups attached to an aromatic ring is 1. The number of nitrogens with one attached hydrogen (secondary N) is 1. The number of fused-ring (bicyclic) bond motifs is 1. The maximum absolute atomic E-state index is 9.74. The molecule has 0 amide bonds. The summed E-state index contributed by atoms with van der Waals surface area (Å²) in [6, 6.07) is 3.91. The Morgan fingerprint density at radius 3 is 2.72 bits per heavy atom. The van der Waals surface area contributed by atoms with Gasteiger partial charge < -0.3 is 21.1 Å². The molecule has 0 spiro atoms. The molecule has 3 aromatic heterocycles. The fraction of sp³-hybridized carbons (Fsp3) is 0.500. The van der Waals surface area contributed by atoms with E-state index in [1.165, 1.54) is 12.8 Å². The van der Waals surface area contributed by atoms with Crippen molar-refractivity contribution in [2.45, 2.75) is 58.5 Å². The first-order valence-corrected chi connectivity index (χ1v) is 11.5. The first-order valence-electron chi connectivity index (χ1n) is 11.5. The average molecular weight is 438 g/mol. The summed E-state index contributed by atoms with van der Waals surface area (Å²) in [5, 5.41) is 13.0. The Hall–Kier alpha value is -2.84. The number of hydrogen-bond acceptors (Lipinski definition) is 8. The SMILES string of the molecule is CCCCC(CO)Nc1nc(N)nc2cc(-c3ccncc3CN(C)CCCC)cnc12. The van der Waals surface area contributed by atoms with E-state index in [9.17, 15) is 5.11 Å². The number of aliphatic hydroxyl groups is 1. The quantitative estimate of drug-likeness (QED) is 0.391. The molecule has 0 aliphatic rings. The van der Waals surface area contributed by atoms with Gasteiger partial charge in [-0.05, 0) is 49.7 Å². The zero-order valence-electron chi connectivity index (χ0n) is 19.4. The molecular weight excluding hydrogens is 402 g/mol. The molecule has 0 aliphatic carbocycles. The molecule has 0 saturated carbocycles. The lowest BCUT2D eigenvalue weighted by Gasteiger charge is -2.19. The molecule has 1 atom stereocenters. The van der Waals surface area contributed by atoms with Gasteiger partial charge in [-0.3, -0.25) is 9.97 Å². The maximum atomic E-state index is 9.74. The van der Waals surface area contributed by atoms with Crippen LogP contribution in [-0.4, -0.2) is 56.2 Å². The Morgan fingerprint density at radius 2 is 1.97 bits per heavy atom. The molecule has 8 heteroatoms. The molecule has 0 aromatic carbocycles. The number of hydrogen-bond donors (Lipinski definition) is 3. The van der Waals surface area contributed by atoms with Crippen molar-refractivity contribution in [1.29, 1.82) is 0 Å². The van der Waals surface area contributed by atoms with E-state index < -0.39 is 0 Å². The third kappa shape index (κ3) is 6.11. The summed E-state index contributed by atoms with van der Waals surface area (Å²) in [7, 11) is 2.13. The lowest BCUT2D eigenvalue weighted by Crippen LogP contribution is -2.24. The lowest BCUT2D eigenvalue weighted by atomic mass is 10.0. The van der Waals surface area contributed by atoms with E-state index in [4.69, 9.17) is 5.73 Å². The van der Waals surface area contributed by atoms with Crippen molar-refractivity contribution in [2.24, 2.45) is 0 Å². The van der Waals surface area contributed by atoms with Gasteiger partial charge in [0.2, 0.25) is 5.95 Å². The fourth-order valence-corrected chi connectivity index (χ4v) is 3.77. The van der Waals surface area contributed by atoms with Gasteiger partial charge >= 0.3 is 0 Å². The first-order chi connectivity index (χ1) is 15.5. The summed E-state index contributed by atoms with van der Waals surface area (Å²) in [6.07, 6.45) is 10.8. The second-order valence-corrected chi connectivity index (χ2v) is 8.31. The van der Waals surface area contributed by atoms with Crippen LogP contribution in [0.1, 0.15) is 51.5 Å². The van der Waals surface area contributed by atoms with E-state index in [0.29, 0.717) is 16.9 Å². The van der Waals surface area contributed by atoms with Gasteiger partial charge in [-0.1, -0.05) is 33.1 Å². The van der Waals surface area contributed by atoms with Crippen molar-refractivity contribution in [1.82, 2.24) is 24.8 Å². The monoisotopic (exact) mass is 437 g/mol. The van der Waals surface area contributed by atoms with Crippen LogP contribution in [0.5, 0.6) is 0 Å². The molecule has 0 saturated heterocycles. The Morgan fingerprint density at radius 1 is 1.16 bits per heavy atom. The van der Waals surface area contributed by atoms with Crippen LogP contribution in [0.15, 0.2) is 30.7 Å². The zero-order valence-corrected chi connectivity index (χ0v) is 19.4. The minimum atomic E-state index is -0.0978. The molecule has 0 fully saturated rings. The van der Waals surface area contributed by atoms with Crippen LogP contribution >= 0.6 is 0 Å². The van der Waals surface area contributed by atoms with Crippen LogP contribution in [-0.2, 0) is 6.54 Å². The smallest absolute Gasteiger partial charge is 0.222 e. The normalized spacial score (nSPS) is 12.4. The number of nitrogens with zero attached hydrogens (tertiary/aromatic N) is 5. The number of anilines is 2. The largest absolute Gasteiger partial charge is 0.394 e. The zero-order chi connectivity index (χ0) is 22.9. The van der Waals surface area contributed by atoms with Gasteiger partial charge in [-0.2, -0.15) is 4.98 Å². The molecule has 0 radical (unpaired) electrons. The summed E-state index contributed by atoms with van der Waals surface area (Å²) >= 11 is 0. The third-order valence-electron chi connectivity index (χ3n) is 5.57. The summed E-state index contributed by atoms with van der Waals surface area (Å²) in [5.41, 5.74) is 10.5. The number of pyridine rings is 2. The summed E-state index contributed by atoms with van der Waals surface area (Å²) in [5.74, 6) is 0.740. The Labute approximate surface area is 190 Å². The Kier molecular flexibility index (Phi) is 8.70. The van der Waals surface area contributed by atoms with Crippen LogP contribution in [0.25, 0.3) is 22.2 Å². The van der Waals surface area contributed by atoms with Gasteiger partial charge in [-0.15, -0.1) is 0 Å². The number of aliphatic hydroxyl groups excluding tert-OH is 1. The van der Waals surface area contributed by atoms with Crippen molar-refractivity contribution < 1.29 is 5.11 Å². The molecule has 172 valence electrons. The van der Waals surface area contributed by atoms with Crippen LogP contribution in [0.3, 0.4) is 0 Å². The van der Waals surface area contributed by atoms with Gasteiger partial charge in [0.25, 0.3) is 0 Å². The highest BCUT2D eigenvalue weighted by molar-refractivity contribution is 5.89. The van der Waals surface area contributed by atoms with E-state index in [1.54, 1.807) is 6.20 Å². The maximum Gasteiger partial charge on any atom is 0.222 e. The number of aromatic nitrogens is 4. The van der Waals surface area contributed by atoms with Gasteiger partial charge in [0.05, 0.1) is 18.2 Å². The molecule has 3 aromatic rings. The fourth-order valence-electron chi connectivity index (χ4n) is 3.77. The molecule has 32 heavy (non-hydrogen) atoms. The second-order valence-electron chi connectivity index (χ2n) is 8.31. The van der Waals surface area contributed by atoms with Crippen molar-refractivity contribution in [3.05, 3.63) is 36.3 Å². The highest BCUT2D eigenvalue weighted by atomic mass is 16.3. The van der Waals surface area contributed by atoms with E-state index in [-0.39, 0.29) is 18.6 Å². The van der Waals surface area contributed by atoms with Crippen LogP contribution < -0.4 is 11.1 Å². The third-order valence-corrected chi connectivity index (χ3v) is 5.57. The highest BCUT2D eigenvalue weighted by Gasteiger charge is 2.15. The minimum absolute atomic E-state index is 0.0232. The summed E-state index contributed by atoms with van der Waals surface area (Å²) in [4.78, 5) is 20.1.